The number of anilines is 1. The molecule has 1 fully saturated rings. The third-order valence-corrected chi connectivity index (χ3v) is 13.9. The lowest BCUT2D eigenvalue weighted by molar-refractivity contribution is -0.923. The number of nitrogens with one attached hydrogen (secondary N) is 2. The number of carboxylic acid groups (broad SMARTS) is 1. The first-order valence-electron chi connectivity index (χ1n) is 22.9. The van der Waals surface area contributed by atoms with Crippen LogP contribution < -0.4 is 25.2 Å². The Morgan fingerprint density at radius 3 is 1.90 bits per heavy atom. The number of ether oxygens (including phenoxy) is 3. The number of carboxylic acids is 1. The number of aliphatic carboxylic acids is 1. The van der Waals surface area contributed by atoms with Crippen molar-refractivity contribution in [3.8, 4) is 11.5 Å². The number of thioether (sulfide) groups is 1. The molecule has 3 aliphatic rings. The van der Waals surface area contributed by atoms with Gasteiger partial charge in [-0.25, -0.2) is 9.78 Å². The summed E-state index contributed by atoms with van der Waals surface area (Å²) in [6, 6.07) is 31.8. The molecule has 372 valence electrons. The number of amides is 2. The van der Waals surface area contributed by atoms with E-state index in [1.54, 1.807) is 44.4 Å². The van der Waals surface area contributed by atoms with Crippen LogP contribution in [0.5, 0.6) is 11.5 Å². The number of benzene rings is 4. The Hall–Kier alpha value is -7.61. The van der Waals surface area contributed by atoms with Crippen LogP contribution in [0.25, 0.3) is 0 Å². The number of fused-ring (bicyclic) bond motifs is 2. The fourth-order valence-electron chi connectivity index (χ4n) is 8.94. The van der Waals surface area contributed by atoms with Gasteiger partial charge in [-0.3, -0.25) is 24.1 Å². The quantitative estimate of drug-likeness (QED) is 0.0221. The summed E-state index contributed by atoms with van der Waals surface area (Å²) in [6.07, 6.45) is 3.49. The molecule has 5 aromatic rings. The van der Waals surface area contributed by atoms with Crippen LogP contribution in [-0.4, -0.2) is 98.7 Å². The van der Waals surface area contributed by atoms with Gasteiger partial charge in [-0.1, -0.05) is 102 Å². The van der Waals surface area contributed by atoms with Crippen molar-refractivity contribution in [1.29, 1.82) is 0 Å². The Morgan fingerprint density at radius 1 is 0.861 bits per heavy atom. The molecule has 0 saturated carbocycles. The highest BCUT2D eigenvalue weighted by Crippen LogP contribution is 2.43. The number of carbonyl (C=O) groups excluding carboxylic acids is 6. The van der Waals surface area contributed by atoms with E-state index in [4.69, 9.17) is 24.0 Å². The molecule has 2 atom stereocenters. The highest BCUT2D eigenvalue weighted by atomic mass is 32.2. The Morgan fingerprint density at radius 2 is 1.40 bits per heavy atom. The van der Waals surface area contributed by atoms with E-state index in [2.05, 4.69) is 15.8 Å². The number of likely N-dealkylation sites (N-methyl/N-ethyl adjacent to an activating group) is 1. The highest BCUT2D eigenvalue weighted by Gasteiger charge is 2.53. The minimum atomic E-state index is -1.55. The highest BCUT2D eigenvalue weighted by molar-refractivity contribution is 8.00. The lowest BCUT2D eigenvalue weighted by Gasteiger charge is -2.50. The van der Waals surface area contributed by atoms with Crippen molar-refractivity contribution in [3.63, 3.8) is 0 Å². The van der Waals surface area contributed by atoms with Crippen LogP contribution in [0.2, 0.25) is 0 Å². The van der Waals surface area contributed by atoms with Gasteiger partial charge in [-0.2, -0.15) is 0 Å². The van der Waals surface area contributed by atoms with E-state index in [-0.39, 0.29) is 34.4 Å². The van der Waals surface area contributed by atoms with Gasteiger partial charge < -0.3 is 44.1 Å². The van der Waals surface area contributed by atoms with Crippen LogP contribution in [0.1, 0.15) is 68.1 Å². The normalized spacial score (nSPS) is 17.3. The van der Waals surface area contributed by atoms with Crippen LogP contribution in [-0.2, 0) is 57.0 Å². The molecule has 8 rings (SSSR count). The first-order valence-corrected chi connectivity index (χ1v) is 24.8. The summed E-state index contributed by atoms with van der Waals surface area (Å²) in [5.41, 5.74) is 2.53. The molecule has 1 aromatic heterocycles. The van der Waals surface area contributed by atoms with Gasteiger partial charge in [-0.15, -0.1) is 23.1 Å². The van der Waals surface area contributed by atoms with Gasteiger partial charge in [0.05, 0.1) is 25.3 Å². The maximum absolute atomic E-state index is 14.3. The van der Waals surface area contributed by atoms with Gasteiger partial charge in [-0.05, 0) is 61.2 Å². The predicted molar refractivity (Wildman–Crippen MR) is 267 cm³/mol. The molecule has 2 N–H and O–H groups in total. The number of oxime groups is 1. The second kappa shape index (κ2) is 21.0. The van der Waals surface area contributed by atoms with Crippen LogP contribution in [0.3, 0.4) is 0 Å². The summed E-state index contributed by atoms with van der Waals surface area (Å²) in [5.74, 6) is -4.49. The lowest BCUT2D eigenvalue weighted by Crippen LogP contribution is -2.71. The molecular weight excluding hydrogens is 961 g/mol. The SMILES string of the molecule is CC(=O)Oc1cc2c(cc1OC(C)=O)C[N+](C)(C/C=C/C1=C(C(=O)[O-])N3C(=O)C(NC(=O)/C(=N\OCC(=O)OC(C)(C)C)c4csc(NC(c5ccccc5)(c5ccccc5)c5ccccc5)n4)[C@H]3SC1)C2. The van der Waals surface area contributed by atoms with E-state index in [1.165, 1.54) is 36.9 Å². The molecule has 3 aliphatic heterocycles. The number of rotatable bonds is 17. The van der Waals surface area contributed by atoms with Gasteiger partial charge in [0.1, 0.15) is 41.3 Å². The first kappa shape index (κ1) is 50.8. The average Bonchev–Trinajstić information content (AvgIpc) is 3.93. The topological polar surface area (TPSA) is 215 Å². The van der Waals surface area contributed by atoms with Crippen LogP contribution in [0.15, 0.2) is 137 Å². The summed E-state index contributed by atoms with van der Waals surface area (Å²) in [4.78, 5) is 88.6. The van der Waals surface area contributed by atoms with Gasteiger partial charge in [0.15, 0.2) is 22.3 Å². The fraction of sp³-hybridized carbons (Fsp3) is 0.283. The van der Waals surface area contributed by atoms with Crippen LogP contribution in [0, 0.1) is 0 Å². The molecule has 2 amide bonds. The molecule has 4 aromatic carbocycles. The molecule has 0 aliphatic carbocycles. The second-order valence-electron chi connectivity index (χ2n) is 18.6. The van der Waals surface area contributed by atoms with Gasteiger partial charge in [0, 0.05) is 36.1 Å². The van der Waals surface area contributed by atoms with Crippen molar-refractivity contribution in [3.05, 3.63) is 165 Å². The molecular formula is C53H52N6O11S2. The van der Waals surface area contributed by atoms with E-state index < -0.39 is 64.9 Å². The smallest absolute Gasteiger partial charge is 0.347 e. The van der Waals surface area contributed by atoms with Gasteiger partial charge in [0.2, 0.25) is 6.61 Å². The van der Waals surface area contributed by atoms with Gasteiger partial charge in [0.25, 0.3) is 11.8 Å². The fourth-order valence-corrected chi connectivity index (χ4v) is 11.0. The van der Waals surface area contributed by atoms with Gasteiger partial charge >= 0.3 is 17.9 Å². The first-order chi connectivity index (χ1) is 34.3. The molecule has 0 spiro atoms. The Kier molecular flexibility index (Phi) is 14.8. The predicted octanol–water partition coefficient (Wildman–Crippen LogP) is 5.58. The number of β-lactam (4-membered cyclic amide) rings is 1. The molecule has 0 bridgehead atoms. The van der Waals surface area contributed by atoms with Crippen molar-refractivity contribution >= 4 is 69.6 Å². The number of esters is 3. The van der Waals surface area contributed by atoms with Crippen LogP contribution >= 0.6 is 23.1 Å². The zero-order valence-electron chi connectivity index (χ0n) is 40.3. The van der Waals surface area contributed by atoms with Crippen molar-refractivity contribution < 1.29 is 57.4 Å². The van der Waals surface area contributed by atoms with E-state index >= 15 is 0 Å². The minimum absolute atomic E-state index is 0.0714. The third-order valence-electron chi connectivity index (χ3n) is 11.9. The minimum Gasteiger partial charge on any atom is -0.543 e. The molecule has 19 heteroatoms. The zero-order valence-corrected chi connectivity index (χ0v) is 42.0. The van der Waals surface area contributed by atoms with Crippen molar-refractivity contribution in [2.45, 2.75) is 70.3 Å². The number of hydrogen-bond acceptors (Lipinski definition) is 16. The van der Waals surface area contributed by atoms with E-state index in [9.17, 15) is 33.9 Å². The maximum Gasteiger partial charge on any atom is 0.347 e. The molecule has 72 heavy (non-hydrogen) atoms. The number of allylic oxidation sites excluding steroid dienone is 1. The van der Waals surface area contributed by atoms with E-state index in [0.717, 1.165) is 32.7 Å². The number of aromatic nitrogens is 1. The lowest BCUT2D eigenvalue weighted by atomic mass is 9.77. The number of thiazole rings is 1. The van der Waals surface area contributed by atoms with E-state index in [1.807, 2.05) is 104 Å². The summed E-state index contributed by atoms with van der Waals surface area (Å²) in [6.45, 7) is 8.50. The standard InChI is InChI=1S/C53H52N6O11S2/c1-32(60)68-41-25-35-27-59(6,28-36(35)26-42(41)69-33(2)61)24-16-17-34-30-71-49-45(48(64)58(49)46(34)50(65)66)55-47(63)44(57-67-29-43(62)70-52(3,4)5)40-31-72-51(54-40)56-53(37-18-10-7-11-19-37,38-20-12-8-13-21-38)39-22-14-9-15-23-39/h7-23,25-26,31,45,49H,24,27-30H2,1-6H3,(H2-,54,55,56,63,65,66)/b17-16+,57-44-/t45?,49-/m1/s1. The largest absolute Gasteiger partial charge is 0.543 e. The number of hydrogen-bond donors (Lipinski definition) is 2. The van der Waals surface area contributed by atoms with Crippen molar-refractivity contribution in [2.24, 2.45) is 5.16 Å². The molecule has 17 nitrogen and oxygen atoms in total. The van der Waals surface area contributed by atoms with Crippen molar-refractivity contribution in [2.75, 3.05) is 31.3 Å². The summed E-state index contributed by atoms with van der Waals surface area (Å²) in [5, 5.41) is 24.4. The molecule has 0 radical (unpaired) electrons. The monoisotopic (exact) mass is 1010 g/mol. The summed E-state index contributed by atoms with van der Waals surface area (Å²) in [7, 11) is 2.00. The third kappa shape index (κ3) is 11.1. The Bertz CT molecular complexity index is 2860. The number of quaternary nitrogens is 1. The number of nitrogens with zero attached hydrogens (tertiary/aromatic N) is 4. The summed E-state index contributed by atoms with van der Waals surface area (Å²) < 4.78 is 16.5. The maximum atomic E-state index is 14.3. The summed E-state index contributed by atoms with van der Waals surface area (Å²) >= 11 is 2.47. The Balaban J connectivity index is 1.02. The molecule has 4 heterocycles. The molecule has 1 unspecified atom stereocenters. The van der Waals surface area contributed by atoms with E-state index in [0.29, 0.717) is 34.8 Å². The average molecular weight is 1010 g/mol. The Labute approximate surface area is 424 Å². The zero-order chi connectivity index (χ0) is 51.4. The number of carbonyl (C=O) groups is 6. The van der Waals surface area contributed by atoms with Crippen molar-refractivity contribution in [1.82, 2.24) is 15.2 Å². The van der Waals surface area contributed by atoms with Crippen LogP contribution in [0.4, 0.5) is 5.13 Å². The molecule has 1 saturated heterocycles. The second-order valence-corrected chi connectivity index (χ2v) is 20.6.